The fourth-order valence-electron chi connectivity index (χ4n) is 4.46. The number of benzene rings is 4. The highest BCUT2D eigenvalue weighted by molar-refractivity contribution is 6.51. The quantitative estimate of drug-likeness (QED) is 0.170. The average Bonchev–Trinajstić information content (AvgIpc) is 3.24. The summed E-state index contributed by atoms with van der Waals surface area (Å²) in [4.78, 5) is 26.9. The summed E-state index contributed by atoms with van der Waals surface area (Å²) in [6.45, 7) is 0. The summed E-state index contributed by atoms with van der Waals surface area (Å²) < 4.78 is 12.6. The molecule has 0 atom stereocenters. The van der Waals surface area contributed by atoms with E-state index in [1.54, 1.807) is 55.6 Å². The molecule has 6 nitrogen and oxygen atoms in total. The minimum atomic E-state index is -0.820. The number of hydrogen-bond acceptors (Lipinski definition) is 5. The number of halogens is 2. The summed E-state index contributed by atoms with van der Waals surface area (Å²) in [6.07, 6.45) is 0. The van der Waals surface area contributed by atoms with Gasteiger partial charge in [0.05, 0.1) is 36.4 Å². The number of carbonyl (C=O) groups excluding carboxylic acids is 2. The van der Waals surface area contributed by atoms with Crippen LogP contribution in [0.1, 0.15) is 20.7 Å². The first-order valence-corrected chi connectivity index (χ1v) is 12.3. The van der Waals surface area contributed by atoms with Crippen LogP contribution in [0.25, 0.3) is 27.8 Å². The summed E-state index contributed by atoms with van der Waals surface area (Å²) >= 11 is 12.1. The summed E-state index contributed by atoms with van der Waals surface area (Å²) in [6, 6.07) is 23.6. The van der Waals surface area contributed by atoms with Crippen molar-refractivity contribution in [3.05, 3.63) is 106 Å². The van der Waals surface area contributed by atoms with Gasteiger partial charge in [0.2, 0.25) is 11.6 Å². The lowest BCUT2D eigenvalue weighted by Gasteiger charge is -2.13. The molecule has 0 bridgehead atoms. The van der Waals surface area contributed by atoms with E-state index < -0.39 is 11.6 Å². The van der Waals surface area contributed by atoms with Crippen LogP contribution >= 0.6 is 23.2 Å². The number of fused-ring (bicyclic) bond motifs is 1. The summed E-state index contributed by atoms with van der Waals surface area (Å²) in [5.74, 6) is -0.927. The van der Waals surface area contributed by atoms with E-state index in [0.717, 1.165) is 0 Å². The van der Waals surface area contributed by atoms with Gasteiger partial charge in [0.25, 0.3) is 0 Å². The molecule has 4 aromatic carbocycles. The van der Waals surface area contributed by atoms with Crippen LogP contribution in [-0.4, -0.2) is 35.5 Å². The lowest BCUT2D eigenvalue weighted by molar-refractivity contribution is 0.0816. The molecule has 0 unspecified atom stereocenters. The topological polar surface area (TPSA) is 77.8 Å². The Morgan fingerprint density at radius 2 is 1.34 bits per heavy atom. The number of ketones is 2. The van der Waals surface area contributed by atoms with Gasteiger partial charge in [-0.2, -0.15) is 0 Å². The van der Waals surface area contributed by atoms with Crippen molar-refractivity contribution in [2.24, 2.45) is 0 Å². The Hall–Kier alpha value is -4.26. The SMILES string of the molecule is COc1ccc(-n2c(-c3ccc(Cl)cc3)c(O)c3c(C(=O)C(=O)c4ccc(Cl)cc4)c(OC)ccc32)cc1. The first kappa shape index (κ1) is 25.4. The Morgan fingerprint density at radius 1 is 0.737 bits per heavy atom. The van der Waals surface area contributed by atoms with E-state index in [0.29, 0.717) is 38.3 Å². The van der Waals surface area contributed by atoms with Gasteiger partial charge in [-0.3, -0.25) is 9.59 Å². The standard InChI is InChI=1S/C30H21Cl2NO5/c1-37-22-13-11-21(12-14-22)33-23-15-16-24(38-2)26(30(36)28(34)18-5-9-20(32)10-6-18)25(23)29(35)27(33)17-3-7-19(31)8-4-17/h3-16,35H,1-2H3. The number of nitrogens with zero attached hydrogens (tertiary/aromatic N) is 1. The number of rotatable bonds is 7. The summed E-state index contributed by atoms with van der Waals surface area (Å²) in [5.41, 5.74) is 2.41. The van der Waals surface area contributed by atoms with Crippen LogP contribution < -0.4 is 9.47 Å². The van der Waals surface area contributed by atoms with Crippen molar-refractivity contribution < 1.29 is 24.2 Å². The zero-order chi connectivity index (χ0) is 27.0. The normalized spacial score (nSPS) is 10.9. The van der Waals surface area contributed by atoms with Crippen LogP contribution in [0.5, 0.6) is 17.2 Å². The molecule has 0 amide bonds. The fourth-order valence-corrected chi connectivity index (χ4v) is 4.71. The van der Waals surface area contributed by atoms with E-state index in [1.807, 2.05) is 16.7 Å². The third-order valence-electron chi connectivity index (χ3n) is 6.28. The Kier molecular flexibility index (Phi) is 6.85. The molecule has 0 radical (unpaired) electrons. The highest BCUT2D eigenvalue weighted by Crippen LogP contribution is 2.45. The van der Waals surface area contributed by atoms with E-state index in [-0.39, 0.29) is 28.0 Å². The largest absolute Gasteiger partial charge is 0.505 e. The van der Waals surface area contributed by atoms with Crippen LogP contribution in [0, 0.1) is 0 Å². The second-order valence-corrected chi connectivity index (χ2v) is 9.31. The third-order valence-corrected chi connectivity index (χ3v) is 6.78. The maximum atomic E-state index is 13.7. The minimum Gasteiger partial charge on any atom is -0.505 e. The van der Waals surface area contributed by atoms with Crippen molar-refractivity contribution in [2.45, 2.75) is 0 Å². The molecule has 0 aliphatic rings. The molecule has 1 aromatic heterocycles. The molecular weight excluding hydrogens is 525 g/mol. The van der Waals surface area contributed by atoms with E-state index in [2.05, 4.69) is 0 Å². The highest BCUT2D eigenvalue weighted by Gasteiger charge is 2.30. The van der Waals surface area contributed by atoms with Gasteiger partial charge in [-0.05, 0) is 72.8 Å². The molecule has 0 spiro atoms. The molecule has 0 saturated heterocycles. The molecule has 0 aliphatic heterocycles. The Labute approximate surface area is 228 Å². The van der Waals surface area contributed by atoms with Gasteiger partial charge in [0, 0.05) is 26.9 Å². The smallest absolute Gasteiger partial charge is 0.238 e. The van der Waals surface area contributed by atoms with E-state index in [9.17, 15) is 14.7 Å². The predicted octanol–water partition coefficient (Wildman–Crippen LogP) is 7.39. The molecule has 5 aromatic rings. The minimum absolute atomic E-state index is 0.0371. The molecule has 38 heavy (non-hydrogen) atoms. The Balaban J connectivity index is 1.82. The lowest BCUT2D eigenvalue weighted by Crippen LogP contribution is -2.16. The van der Waals surface area contributed by atoms with Gasteiger partial charge >= 0.3 is 0 Å². The number of aromatic hydroxyl groups is 1. The maximum absolute atomic E-state index is 13.7. The van der Waals surface area contributed by atoms with Crippen LogP contribution in [0.4, 0.5) is 0 Å². The highest BCUT2D eigenvalue weighted by atomic mass is 35.5. The zero-order valence-electron chi connectivity index (χ0n) is 20.4. The summed E-state index contributed by atoms with van der Waals surface area (Å²) in [7, 11) is 2.98. The fraction of sp³-hybridized carbons (Fsp3) is 0.0667. The molecule has 1 N–H and O–H groups in total. The zero-order valence-corrected chi connectivity index (χ0v) is 21.9. The van der Waals surface area contributed by atoms with E-state index in [1.165, 1.54) is 31.4 Å². The number of aromatic nitrogens is 1. The number of ether oxygens (including phenoxy) is 2. The van der Waals surface area contributed by atoms with Gasteiger partial charge in [-0.1, -0.05) is 35.3 Å². The number of carbonyl (C=O) groups is 2. The van der Waals surface area contributed by atoms with Gasteiger partial charge in [0.15, 0.2) is 0 Å². The molecule has 0 saturated carbocycles. The van der Waals surface area contributed by atoms with Gasteiger partial charge < -0.3 is 19.1 Å². The lowest BCUT2D eigenvalue weighted by atomic mass is 9.97. The van der Waals surface area contributed by atoms with Crippen LogP contribution in [0.2, 0.25) is 10.0 Å². The average molecular weight is 546 g/mol. The molecule has 190 valence electrons. The van der Waals surface area contributed by atoms with Crippen molar-refractivity contribution >= 4 is 45.7 Å². The molecule has 0 fully saturated rings. The second-order valence-electron chi connectivity index (χ2n) is 8.44. The first-order chi connectivity index (χ1) is 18.3. The summed E-state index contributed by atoms with van der Waals surface area (Å²) in [5, 5.41) is 12.8. The molecular formula is C30H21Cl2NO5. The van der Waals surface area contributed by atoms with Crippen LogP contribution in [0.3, 0.4) is 0 Å². The monoisotopic (exact) mass is 545 g/mol. The van der Waals surface area contributed by atoms with Crippen molar-refractivity contribution in [1.29, 1.82) is 0 Å². The number of hydrogen-bond donors (Lipinski definition) is 1. The number of Topliss-reactive ketones (excluding diaryl/α,β-unsaturated/α-hetero) is 2. The first-order valence-electron chi connectivity index (χ1n) is 11.5. The maximum Gasteiger partial charge on any atom is 0.238 e. The van der Waals surface area contributed by atoms with Gasteiger partial charge in [-0.15, -0.1) is 0 Å². The van der Waals surface area contributed by atoms with Crippen molar-refractivity contribution in [1.82, 2.24) is 4.57 Å². The third kappa shape index (κ3) is 4.38. The Bertz CT molecular complexity index is 1670. The molecule has 0 aliphatic carbocycles. The molecule has 8 heteroatoms. The van der Waals surface area contributed by atoms with E-state index >= 15 is 0 Å². The van der Waals surface area contributed by atoms with Gasteiger partial charge in [0.1, 0.15) is 17.2 Å². The predicted molar refractivity (Wildman–Crippen MR) is 149 cm³/mol. The second kappa shape index (κ2) is 10.2. The van der Waals surface area contributed by atoms with Crippen molar-refractivity contribution in [2.75, 3.05) is 14.2 Å². The van der Waals surface area contributed by atoms with E-state index in [4.69, 9.17) is 32.7 Å². The van der Waals surface area contributed by atoms with Crippen molar-refractivity contribution in [3.8, 4) is 34.2 Å². The van der Waals surface area contributed by atoms with Crippen LogP contribution in [0.15, 0.2) is 84.9 Å². The molecule has 1 heterocycles. The Morgan fingerprint density at radius 3 is 1.92 bits per heavy atom. The molecule has 5 rings (SSSR count). The van der Waals surface area contributed by atoms with Crippen molar-refractivity contribution in [3.63, 3.8) is 0 Å². The van der Waals surface area contributed by atoms with Crippen LogP contribution in [-0.2, 0) is 0 Å². The number of methoxy groups -OCH3 is 2. The van der Waals surface area contributed by atoms with Gasteiger partial charge in [-0.25, -0.2) is 0 Å².